The summed E-state index contributed by atoms with van der Waals surface area (Å²) in [6.07, 6.45) is 5.96. The van der Waals surface area contributed by atoms with Crippen molar-refractivity contribution in [1.29, 1.82) is 0 Å². The Bertz CT molecular complexity index is 267. The number of nitrogens with zero attached hydrogens (tertiary/aromatic N) is 1. The lowest BCUT2D eigenvalue weighted by Gasteiger charge is -2.19. The van der Waals surface area contributed by atoms with Gasteiger partial charge in [-0.3, -0.25) is 4.79 Å². The fourth-order valence-corrected chi connectivity index (χ4v) is 1.41. The normalized spacial score (nSPS) is 21.4. The highest BCUT2D eigenvalue weighted by atomic mass is 16.5. The first-order chi connectivity index (χ1) is 6.20. The molecule has 1 heterocycles. The summed E-state index contributed by atoms with van der Waals surface area (Å²) in [6.45, 7) is 0.179. The molecule has 0 radical (unpaired) electrons. The molecule has 0 aromatic heterocycles. The maximum atomic E-state index is 11.2. The van der Waals surface area contributed by atoms with E-state index >= 15 is 0 Å². The number of carbonyl (C=O) groups is 2. The van der Waals surface area contributed by atoms with Crippen molar-refractivity contribution in [1.82, 2.24) is 4.90 Å². The second-order valence-corrected chi connectivity index (χ2v) is 2.80. The summed E-state index contributed by atoms with van der Waals surface area (Å²) in [5.74, 6) is 1.88. The number of carbonyl (C=O) groups excluding carboxylic acids is 2. The van der Waals surface area contributed by atoms with E-state index in [-0.39, 0.29) is 18.4 Å². The van der Waals surface area contributed by atoms with E-state index in [2.05, 4.69) is 10.7 Å². The summed E-state index contributed by atoms with van der Waals surface area (Å²) >= 11 is 0. The van der Waals surface area contributed by atoms with Crippen LogP contribution in [0.3, 0.4) is 0 Å². The molecule has 0 aromatic carbocycles. The molecule has 1 amide bonds. The Hall–Kier alpha value is -1.50. The number of methoxy groups -OCH3 is 1. The van der Waals surface area contributed by atoms with E-state index in [1.54, 1.807) is 0 Å². The monoisotopic (exact) mass is 181 g/mol. The number of terminal acetylenes is 1. The summed E-state index contributed by atoms with van der Waals surface area (Å²) < 4.78 is 4.56. The van der Waals surface area contributed by atoms with Gasteiger partial charge in [-0.2, -0.15) is 0 Å². The molecule has 1 atom stereocenters. The minimum Gasteiger partial charge on any atom is -0.467 e. The van der Waals surface area contributed by atoms with Gasteiger partial charge >= 0.3 is 5.97 Å². The Labute approximate surface area is 76.8 Å². The van der Waals surface area contributed by atoms with E-state index in [1.807, 2.05) is 0 Å². The zero-order valence-electron chi connectivity index (χ0n) is 7.45. The average molecular weight is 181 g/mol. The summed E-state index contributed by atoms with van der Waals surface area (Å²) in [7, 11) is 1.30. The number of hydrogen-bond acceptors (Lipinski definition) is 3. The van der Waals surface area contributed by atoms with Gasteiger partial charge in [-0.15, -0.1) is 6.42 Å². The lowest BCUT2D eigenvalue weighted by molar-refractivity contribution is -0.148. The first-order valence-electron chi connectivity index (χ1n) is 4.01. The Morgan fingerprint density at radius 2 is 2.54 bits per heavy atom. The molecular weight excluding hydrogens is 170 g/mol. The molecule has 1 aliphatic heterocycles. The Morgan fingerprint density at radius 3 is 3.08 bits per heavy atom. The Balaban J connectivity index is 2.70. The van der Waals surface area contributed by atoms with Crippen molar-refractivity contribution in [2.24, 2.45) is 0 Å². The number of amides is 1. The topological polar surface area (TPSA) is 46.6 Å². The van der Waals surface area contributed by atoms with E-state index in [0.717, 1.165) is 0 Å². The van der Waals surface area contributed by atoms with Gasteiger partial charge in [-0.05, 0) is 6.42 Å². The Morgan fingerprint density at radius 1 is 1.85 bits per heavy atom. The molecule has 1 unspecified atom stereocenters. The number of rotatable bonds is 2. The van der Waals surface area contributed by atoms with Crippen LogP contribution in [0.2, 0.25) is 0 Å². The maximum absolute atomic E-state index is 11.2. The number of hydrogen-bond donors (Lipinski definition) is 0. The van der Waals surface area contributed by atoms with Crippen LogP contribution < -0.4 is 0 Å². The molecule has 13 heavy (non-hydrogen) atoms. The molecule has 70 valence electrons. The van der Waals surface area contributed by atoms with E-state index in [4.69, 9.17) is 6.42 Å². The van der Waals surface area contributed by atoms with Crippen molar-refractivity contribution < 1.29 is 14.3 Å². The highest BCUT2D eigenvalue weighted by molar-refractivity contribution is 5.88. The highest BCUT2D eigenvalue weighted by Gasteiger charge is 2.35. The van der Waals surface area contributed by atoms with Crippen LogP contribution in [0.1, 0.15) is 12.8 Å². The first-order valence-corrected chi connectivity index (χ1v) is 4.01. The molecule has 0 aliphatic carbocycles. The summed E-state index contributed by atoms with van der Waals surface area (Å²) in [4.78, 5) is 23.8. The van der Waals surface area contributed by atoms with Gasteiger partial charge in [-0.1, -0.05) is 5.92 Å². The smallest absolute Gasteiger partial charge is 0.328 e. The molecule has 0 N–H and O–H groups in total. The van der Waals surface area contributed by atoms with Crippen LogP contribution >= 0.6 is 0 Å². The van der Waals surface area contributed by atoms with Crippen LogP contribution in [0.15, 0.2) is 0 Å². The summed E-state index contributed by atoms with van der Waals surface area (Å²) in [6, 6.07) is -0.478. The molecule has 1 fully saturated rings. The standard InChI is InChI=1S/C9H11NO3/c1-3-6-10-7(9(12)13-2)4-5-8(10)11/h1,7H,4-6H2,2H3. The third-order valence-corrected chi connectivity index (χ3v) is 2.06. The SMILES string of the molecule is C#CCN1C(=O)CCC1C(=O)OC. The van der Waals surface area contributed by atoms with Crippen LogP contribution in [0, 0.1) is 12.3 Å². The molecule has 4 heteroatoms. The molecule has 0 aromatic rings. The predicted octanol–water partition coefficient (Wildman–Crippen LogP) is -0.216. The van der Waals surface area contributed by atoms with Crippen LogP contribution in [-0.2, 0) is 14.3 Å². The fourth-order valence-electron chi connectivity index (χ4n) is 1.41. The second-order valence-electron chi connectivity index (χ2n) is 2.80. The van der Waals surface area contributed by atoms with Gasteiger partial charge in [-0.25, -0.2) is 4.79 Å². The molecule has 0 saturated carbocycles. The van der Waals surface area contributed by atoms with Gasteiger partial charge in [0.25, 0.3) is 0 Å². The molecule has 1 aliphatic rings. The van der Waals surface area contributed by atoms with Gasteiger partial charge in [0.1, 0.15) is 6.04 Å². The van der Waals surface area contributed by atoms with Gasteiger partial charge in [0.2, 0.25) is 5.91 Å². The average Bonchev–Trinajstić information content (AvgIpc) is 2.48. The lowest BCUT2D eigenvalue weighted by Crippen LogP contribution is -2.39. The van der Waals surface area contributed by atoms with Gasteiger partial charge < -0.3 is 9.64 Å². The molecule has 1 saturated heterocycles. The zero-order valence-corrected chi connectivity index (χ0v) is 7.45. The fraction of sp³-hybridized carbons (Fsp3) is 0.556. The highest BCUT2D eigenvalue weighted by Crippen LogP contribution is 2.18. The van der Waals surface area contributed by atoms with Gasteiger partial charge in [0.15, 0.2) is 0 Å². The summed E-state index contributed by atoms with van der Waals surface area (Å²) in [5.41, 5.74) is 0. The van der Waals surface area contributed by atoms with Crippen molar-refractivity contribution >= 4 is 11.9 Å². The third kappa shape index (κ3) is 1.81. The molecule has 0 spiro atoms. The van der Waals surface area contributed by atoms with Crippen molar-refractivity contribution in [3.8, 4) is 12.3 Å². The minimum atomic E-state index is -0.478. The quantitative estimate of drug-likeness (QED) is 0.437. The van der Waals surface area contributed by atoms with Crippen molar-refractivity contribution in [2.75, 3.05) is 13.7 Å². The second kappa shape index (κ2) is 3.94. The van der Waals surface area contributed by atoms with Gasteiger partial charge in [0.05, 0.1) is 13.7 Å². The number of esters is 1. The van der Waals surface area contributed by atoms with Crippen LogP contribution in [0.5, 0.6) is 0 Å². The van der Waals surface area contributed by atoms with E-state index < -0.39 is 6.04 Å². The molecule has 0 bridgehead atoms. The largest absolute Gasteiger partial charge is 0.467 e. The Kier molecular flexibility index (Phi) is 2.91. The number of likely N-dealkylation sites (tertiary alicyclic amines) is 1. The zero-order chi connectivity index (χ0) is 9.84. The van der Waals surface area contributed by atoms with Crippen molar-refractivity contribution in [3.05, 3.63) is 0 Å². The maximum Gasteiger partial charge on any atom is 0.328 e. The lowest BCUT2D eigenvalue weighted by atomic mass is 10.2. The van der Waals surface area contributed by atoms with E-state index in [9.17, 15) is 9.59 Å². The van der Waals surface area contributed by atoms with E-state index in [0.29, 0.717) is 12.8 Å². The van der Waals surface area contributed by atoms with Crippen LogP contribution in [0.4, 0.5) is 0 Å². The molecule has 1 rings (SSSR count). The third-order valence-electron chi connectivity index (χ3n) is 2.06. The van der Waals surface area contributed by atoms with Crippen LogP contribution in [0.25, 0.3) is 0 Å². The minimum absolute atomic E-state index is 0.0756. The first kappa shape index (κ1) is 9.59. The van der Waals surface area contributed by atoms with Gasteiger partial charge in [0, 0.05) is 6.42 Å². The van der Waals surface area contributed by atoms with Crippen molar-refractivity contribution in [2.45, 2.75) is 18.9 Å². The predicted molar refractivity (Wildman–Crippen MR) is 45.6 cm³/mol. The molecule has 4 nitrogen and oxygen atoms in total. The van der Waals surface area contributed by atoms with E-state index in [1.165, 1.54) is 12.0 Å². The summed E-state index contributed by atoms with van der Waals surface area (Å²) in [5, 5.41) is 0. The molecular formula is C9H11NO3. The van der Waals surface area contributed by atoms with Crippen LogP contribution in [-0.4, -0.2) is 36.5 Å². The number of ether oxygens (including phenoxy) is 1. The van der Waals surface area contributed by atoms with Crippen molar-refractivity contribution in [3.63, 3.8) is 0 Å².